The van der Waals surface area contributed by atoms with Gasteiger partial charge >= 0.3 is 0 Å². The highest BCUT2D eigenvalue weighted by atomic mass is 16.1. The molecule has 0 aliphatic heterocycles. The van der Waals surface area contributed by atoms with Crippen LogP contribution in [0.25, 0.3) is 21.5 Å². The predicted octanol–water partition coefficient (Wildman–Crippen LogP) is 3.39. The van der Waals surface area contributed by atoms with Crippen LogP contribution in [0.3, 0.4) is 0 Å². The molecule has 0 aromatic heterocycles. The minimum absolute atomic E-state index is 0.715. The molecule has 0 fully saturated rings. The van der Waals surface area contributed by atoms with E-state index in [0.717, 1.165) is 33.5 Å². The molecule has 3 aromatic carbocycles. The average Bonchev–Trinajstić information content (AvgIpc) is 2.37. The molecule has 3 rings (SSSR count). The van der Waals surface area contributed by atoms with E-state index in [1.165, 1.54) is 0 Å². The summed E-state index contributed by atoms with van der Waals surface area (Å²) >= 11 is 0. The van der Waals surface area contributed by atoms with Crippen LogP contribution >= 0.6 is 0 Å². The van der Waals surface area contributed by atoms with Gasteiger partial charge in [-0.1, -0.05) is 36.4 Å². The second-order valence-corrected chi connectivity index (χ2v) is 4.11. The maximum atomic E-state index is 11.0. The van der Waals surface area contributed by atoms with Crippen LogP contribution in [-0.4, -0.2) is 6.29 Å². The average molecular weight is 221 g/mol. The van der Waals surface area contributed by atoms with Gasteiger partial charge in [-0.05, 0) is 33.7 Å². The van der Waals surface area contributed by atoms with Gasteiger partial charge in [-0.2, -0.15) is 0 Å². The molecule has 0 aliphatic rings. The molecule has 0 unspecified atom stereocenters. The van der Waals surface area contributed by atoms with E-state index in [1.54, 1.807) is 0 Å². The number of hydrogen-bond acceptors (Lipinski definition) is 2. The molecule has 0 heterocycles. The first-order chi connectivity index (χ1) is 8.29. The van der Waals surface area contributed by atoms with E-state index in [-0.39, 0.29) is 0 Å². The Morgan fingerprint density at radius 2 is 1.71 bits per heavy atom. The summed E-state index contributed by atoms with van der Waals surface area (Å²) in [5.74, 6) is 0. The van der Waals surface area contributed by atoms with Gasteiger partial charge in [-0.15, -0.1) is 0 Å². The molecule has 0 aliphatic carbocycles. The first-order valence-electron chi connectivity index (χ1n) is 5.46. The van der Waals surface area contributed by atoms with Crippen molar-refractivity contribution in [1.82, 2.24) is 0 Å². The highest BCUT2D eigenvalue weighted by molar-refractivity contribution is 6.12. The van der Waals surface area contributed by atoms with Crippen LogP contribution in [0.15, 0.2) is 48.5 Å². The van der Waals surface area contributed by atoms with Crippen molar-refractivity contribution in [1.29, 1.82) is 0 Å². The van der Waals surface area contributed by atoms with E-state index >= 15 is 0 Å². The number of hydrogen-bond donors (Lipinski definition) is 1. The van der Waals surface area contributed by atoms with E-state index in [0.29, 0.717) is 5.56 Å². The van der Waals surface area contributed by atoms with E-state index in [4.69, 9.17) is 5.73 Å². The first kappa shape index (κ1) is 9.85. The molecule has 2 N–H and O–H groups in total. The van der Waals surface area contributed by atoms with Crippen molar-refractivity contribution < 1.29 is 4.79 Å². The Morgan fingerprint density at radius 3 is 2.53 bits per heavy atom. The van der Waals surface area contributed by atoms with Gasteiger partial charge in [0.2, 0.25) is 0 Å². The standard InChI is InChI=1S/C15H11NO/c16-12-6-4-10-5-7-13-11(9-17)2-1-3-14(13)15(10)8-12/h1-9H,16H2. The molecule has 0 atom stereocenters. The molecule has 0 bridgehead atoms. The Bertz CT molecular complexity index is 731. The van der Waals surface area contributed by atoms with Crippen molar-refractivity contribution in [3.63, 3.8) is 0 Å². The normalized spacial score (nSPS) is 10.8. The van der Waals surface area contributed by atoms with Gasteiger partial charge in [0.15, 0.2) is 6.29 Å². The number of anilines is 1. The Kier molecular flexibility index (Phi) is 2.08. The van der Waals surface area contributed by atoms with E-state index < -0.39 is 0 Å². The maximum Gasteiger partial charge on any atom is 0.150 e. The van der Waals surface area contributed by atoms with Gasteiger partial charge in [0.1, 0.15) is 0 Å². The molecule has 0 spiro atoms. The van der Waals surface area contributed by atoms with E-state index in [2.05, 4.69) is 0 Å². The second kappa shape index (κ2) is 3.59. The van der Waals surface area contributed by atoms with Gasteiger partial charge in [0.05, 0.1) is 0 Å². The molecule has 0 saturated carbocycles. The fourth-order valence-electron chi connectivity index (χ4n) is 2.23. The van der Waals surface area contributed by atoms with Crippen molar-refractivity contribution in [3.8, 4) is 0 Å². The van der Waals surface area contributed by atoms with Crippen LogP contribution in [0.1, 0.15) is 10.4 Å². The summed E-state index contributed by atoms with van der Waals surface area (Å²) in [5, 5.41) is 4.26. The van der Waals surface area contributed by atoms with Crippen molar-refractivity contribution >= 4 is 33.5 Å². The molecular weight excluding hydrogens is 210 g/mol. The van der Waals surface area contributed by atoms with Crippen molar-refractivity contribution in [2.24, 2.45) is 0 Å². The Balaban J connectivity index is 2.55. The first-order valence-corrected chi connectivity index (χ1v) is 5.46. The number of fused-ring (bicyclic) bond motifs is 3. The zero-order chi connectivity index (χ0) is 11.8. The molecule has 2 heteroatoms. The molecule has 0 radical (unpaired) electrons. The van der Waals surface area contributed by atoms with Crippen molar-refractivity contribution in [3.05, 3.63) is 54.1 Å². The third-order valence-electron chi connectivity index (χ3n) is 3.06. The number of nitrogen functional groups attached to an aromatic ring is 1. The molecule has 82 valence electrons. The highest BCUT2D eigenvalue weighted by Crippen LogP contribution is 2.28. The minimum Gasteiger partial charge on any atom is -0.399 e. The molecule has 0 amide bonds. The largest absolute Gasteiger partial charge is 0.399 e. The molecular formula is C15H11NO. The monoisotopic (exact) mass is 221 g/mol. The SMILES string of the molecule is Nc1ccc2ccc3c(C=O)cccc3c2c1. The number of aldehydes is 1. The summed E-state index contributed by atoms with van der Waals surface area (Å²) in [4.78, 5) is 11.0. The Labute approximate surface area is 98.7 Å². The highest BCUT2D eigenvalue weighted by Gasteiger charge is 2.04. The van der Waals surface area contributed by atoms with Crippen LogP contribution < -0.4 is 5.73 Å². The van der Waals surface area contributed by atoms with Crippen molar-refractivity contribution in [2.45, 2.75) is 0 Å². The van der Waals surface area contributed by atoms with Crippen LogP contribution in [0.4, 0.5) is 5.69 Å². The lowest BCUT2D eigenvalue weighted by Gasteiger charge is -2.06. The summed E-state index contributed by atoms with van der Waals surface area (Å²) in [6.45, 7) is 0. The summed E-state index contributed by atoms with van der Waals surface area (Å²) in [6.07, 6.45) is 0.889. The third kappa shape index (κ3) is 1.46. The van der Waals surface area contributed by atoms with Crippen molar-refractivity contribution in [2.75, 3.05) is 5.73 Å². The number of carbonyl (C=O) groups excluding carboxylic acids is 1. The second-order valence-electron chi connectivity index (χ2n) is 4.11. The van der Waals surface area contributed by atoms with Gasteiger partial charge in [-0.3, -0.25) is 4.79 Å². The van der Waals surface area contributed by atoms with E-state index in [1.807, 2.05) is 48.5 Å². The lowest BCUT2D eigenvalue weighted by atomic mass is 9.98. The number of rotatable bonds is 1. The smallest absolute Gasteiger partial charge is 0.150 e. The summed E-state index contributed by atoms with van der Waals surface area (Å²) in [5.41, 5.74) is 7.27. The Hall–Kier alpha value is -2.35. The lowest BCUT2D eigenvalue weighted by Crippen LogP contribution is -1.87. The lowest BCUT2D eigenvalue weighted by molar-refractivity contribution is 0.112. The summed E-state index contributed by atoms with van der Waals surface area (Å²) < 4.78 is 0. The molecule has 0 saturated heterocycles. The Morgan fingerprint density at radius 1 is 0.882 bits per heavy atom. The number of nitrogens with two attached hydrogens (primary N) is 1. The summed E-state index contributed by atoms with van der Waals surface area (Å²) in [7, 11) is 0. The van der Waals surface area contributed by atoms with Gasteiger partial charge in [0, 0.05) is 11.3 Å². The number of benzene rings is 3. The molecule has 17 heavy (non-hydrogen) atoms. The summed E-state index contributed by atoms with van der Waals surface area (Å²) in [6, 6.07) is 15.6. The van der Waals surface area contributed by atoms with Gasteiger partial charge in [-0.25, -0.2) is 0 Å². The van der Waals surface area contributed by atoms with Crippen LogP contribution in [-0.2, 0) is 0 Å². The zero-order valence-corrected chi connectivity index (χ0v) is 9.18. The van der Waals surface area contributed by atoms with E-state index in [9.17, 15) is 4.79 Å². The quantitative estimate of drug-likeness (QED) is 0.389. The van der Waals surface area contributed by atoms with Gasteiger partial charge in [0.25, 0.3) is 0 Å². The van der Waals surface area contributed by atoms with Crippen LogP contribution in [0.5, 0.6) is 0 Å². The third-order valence-corrected chi connectivity index (χ3v) is 3.06. The number of carbonyl (C=O) groups is 1. The van der Waals surface area contributed by atoms with Crippen LogP contribution in [0.2, 0.25) is 0 Å². The van der Waals surface area contributed by atoms with Gasteiger partial charge < -0.3 is 5.73 Å². The fraction of sp³-hybridized carbons (Fsp3) is 0. The fourth-order valence-corrected chi connectivity index (χ4v) is 2.23. The zero-order valence-electron chi connectivity index (χ0n) is 9.18. The predicted molar refractivity (Wildman–Crippen MR) is 71.3 cm³/mol. The minimum atomic E-state index is 0.715. The molecule has 2 nitrogen and oxygen atoms in total. The van der Waals surface area contributed by atoms with Crippen LogP contribution in [0, 0.1) is 0 Å². The topological polar surface area (TPSA) is 43.1 Å². The molecule has 3 aromatic rings. The maximum absolute atomic E-state index is 11.0.